The summed E-state index contributed by atoms with van der Waals surface area (Å²) in [6.45, 7) is 7.33. The molecule has 2 fully saturated rings. The van der Waals surface area contributed by atoms with E-state index in [0.717, 1.165) is 0 Å². The van der Waals surface area contributed by atoms with Gasteiger partial charge in [-0.3, -0.25) is 0 Å². The van der Waals surface area contributed by atoms with Gasteiger partial charge in [0, 0.05) is 18.1 Å². The quantitative estimate of drug-likeness (QED) is 0.751. The lowest BCUT2D eigenvalue weighted by molar-refractivity contribution is 0.121. The molecule has 82 valence electrons. The molecule has 1 nitrogen and oxygen atoms in total. The van der Waals surface area contributed by atoms with Crippen LogP contribution in [0.4, 0.5) is 0 Å². The molecule has 14 heavy (non-hydrogen) atoms. The lowest BCUT2D eigenvalue weighted by atomic mass is 9.80. The highest BCUT2D eigenvalue weighted by Gasteiger charge is 2.56. The van der Waals surface area contributed by atoms with Crippen molar-refractivity contribution in [2.45, 2.75) is 31.3 Å². The smallest absolute Gasteiger partial charge is 0.0645 e. The lowest BCUT2D eigenvalue weighted by Crippen LogP contribution is -2.27. The molecule has 2 aliphatic rings. The van der Waals surface area contributed by atoms with Gasteiger partial charge in [0.1, 0.15) is 0 Å². The number of aliphatic hydroxyl groups excluding tert-OH is 1. The van der Waals surface area contributed by atoms with E-state index in [9.17, 15) is 5.11 Å². The largest absolute Gasteiger partial charge is 0.396 e. The maximum absolute atomic E-state index is 9.50. The first-order valence-corrected chi connectivity index (χ1v) is 7.38. The molecule has 1 saturated heterocycles. The molecule has 0 aromatic carbocycles. The maximum Gasteiger partial charge on any atom is 0.0645 e. The van der Waals surface area contributed by atoms with Crippen molar-refractivity contribution in [3.05, 3.63) is 0 Å². The standard InChI is InChI=1S/C11H20OS2/c1-8-9(6-12)10(2,3)7-11(8)13-4-5-14-11/h8-9,12H,4-7H2,1-3H3. The van der Waals surface area contributed by atoms with Crippen LogP contribution in [0.5, 0.6) is 0 Å². The Labute approximate surface area is 95.4 Å². The summed E-state index contributed by atoms with van der Waals surface area (Å²) in [5.41, 5.74) is 0.318. The van der Waals surface area contributed by atoms with E-state index >= 15 is 0 Å². The van der Waals surface area contributed by atoms with Crippen LogP contribution in [-0.4, -0.2) is 27.3 Å². The van der Waals surface area contributed by atoms with Crippen molar-refractivity contribution >= 4 is 23.5 Å². The molecular formula is C11H20OS2. The third-order valence-electron chi connectivity index (χ3n) is 3.98. The Morgan fingerprint density at radius 1 is 1.29 bits per heavy atom. The number of thioether (sulfide) groups is 2. The van der Waals surface area contributed by atoms with Gasteiger partial charge < -0.3 is 5.11 Å². The third-order valence-corrected chi connectivity index (χ3v) is 7.77. The zero-order valence-corrected chi connectivity index (χ0v) is 10.9. The topological polar surface area (TPSA) is 20.2 Å². The molecule has 0 amide bonds. The number of hydrogen-bond acceptors (Lipinski definition) is 3. The first-order valence-electron chi connectivity index (χ1n) is 5.41. The van der Waals surface area contributed by atoms with E-state index in [1.807, 2.05) is 0 Å². The Kier molecular flexibility index (Phi) is 2.87. The Morgan fingerprint density at radius 3 is 2.29 bits per heavy atom. The molecule has 1 spiro atoms. The Bertz CT molecular complexity index is 221. The number of hydrogen-bond donors (Lipinski definition) is 1. The molecule has 2 atom stereocenters. The number of rotatable bonds is 1. The highest BCUT2D eigenvalue weighted by Crippen LogP contribution is 2.64. The molecular weight excluding hydrogens is 212 g/mol. The summed E-state index contributed by atoms with van der Waals surface area (Å²) in [6.07, 6.45) is 1.27. The van der Waals surface area contributed by atoms with E-state index in [1.54, 1.807) is 0 Å². The Morgan fingerprint density at radius 2 is 1.86 bits per heavy atom. The molecule has 1 aliphatic heterocycles. The van der Waals surface area contributed by atoms with Crippen molar-refractivity contribution < 1.29 is 5.11 Å². The third kappa shape index (κ3) is 1.52. The van der Waals surface area contributed by atoms with Gasteiger partial charge in [0.2, 0.25) is 0 Å². The van der Waals surface area contributed by atoms with Crippen LogP contribution in [0.2, 0.25) is 0 Å². The second-order valence-corrected chi connectivity index (χ2v) is 8.36. The predicted molar refractivity (Wildman–Crippen MR) is 65.8 cm³/mol. The van der Waals surface area contributed by atoms with E-state index in [4.69, 9.17) is 0 Å². The van der Waals surface area contributed by atoms with Crippen molar-refractivity contribution in [1.29, 1.82) is 0 Å². The molecule has 2 rings (SSSR count). The van der Waals surface area contributed by atoms with E-state index in [2.05, 4.69) is 44.3 Å². The zero-order valence-electron chi connectivity index (χ0n) is 9.25. The summed E-state index contributed by atoms with van der Waals surface area (Å²) in [4.78, 5) is 0. The monoisotopic (exact) mass is 232 g/mol. The van der Waals surface area contributed by atoms with Crippen LogP contribution in [0.15, 0.2) is 0 Å². The average Bonchev–Trinajstić information content (AvgIpc) is 2.59. The van der Waals surface area contributed by atoms with Crippen LogP contribution in [-0.2, 0) is 0 Å². The first-order chi connectivity index (χ1) is 6.52. The highest BCUT2D eigenvalue weighted by atomic mass is 32.2. The van der Waals surface area contributed by atoms with Crippen LogP contribution < -0.4 is 0 Å². The van der Waals surface area contributed by atoms with E-state index in [-0.39, 0.29) is 0 Å². The van der Waals surface area contributed by atoms with Crippen LogP contribution in [0.3, 0.4) is 0 Å². The molecule has 1 N–H and O–H groups in total. The normalized spacial score (nSPS) is 39.4. The van der Waals surface area contributed by atoms with Gasteiger partial charge in [-0.15, -0.1) is 23.5 Å². The summed E-state index contributed by atoms with van der Waals surface area (Å²) in [5, 5.41) is 9.50. The molecule has 0 aromatic heterocycles. The maximum atomic E-state index is 9.50. The van der Waals surface area contributed by atoms with Gasteiger partial charge in [-0.2, -0.15) is 0 Å². The summed E-state index contributed by atoms with van der Waals surface area (Å²) in [7, 11) is 0. The van der Waals surface area contributed by atoms with Gasteiger partial charge in [-0.1, -0.05) is 20.8 Å². The predicted octanol–water partition coefficient (Wildman–Crippen LogP) is 2.84. The van der Waals surface area contributed by atoms with Crippen molar-refractivity contribution in [1.82, 2.24) is 0 Å². The molecule has 1 aliphatic carbocycles. The Balaban J connectivity index is 2.24. The summed E-state index contributed by atoms with van der Waals surface area (Å²) < 4.78 is 0.427. The van der Waals surface area contributed by atoms with Crippen LogP contribution in [0.25, 0.3) is 0 Å². The molecule has 1 heterocycles. The molecule has 0 aromatic rings. The summed E-state index contributed by atoms with van der Waals surface area (Å²) in [5.74, 6) is 3.73. The highest BCUT2D eigenvalue weighted by molar-refractivity contribution is 8.21. The van der Waals surface area contributed by atoms with Crippen LogP contribution in [0, 0.1) is 17.3 Å². The van der Waals surface area contributed by atoms with Gasteiger partial charge in [0.15, 0.2) is 0 Å². The second-order valence-electron chi connectivity index (χ2n) is 5.25. The minimum atomic E-state index is 0.318. The van der Waals surface area contributed by atoms with E-state index < -0.39 is 0 Å². The first kappa shape index (κ1) is 11.2. The molecule has 3 heteroatoms. The average molecular weight is 232 g/mol. The SMILES string of the molecule is CC1C(CO)C(C)(C)CC12SCCS2. The summed E-state index contributed by atoms with van der Waals surface area (Å²) >= 11 is 4.27. The van der Waals surface area contributed by atoms with Crippen LogP contribution in [0.1, 0.15) is 27.2 Å². The second kappa shape index (κ2) is 3.60. The van der Waals surface area contributed by atoms with Gasteiger partial charge in [0.25, 0.3) is 0 Å². The molecule has 1 saturated carbocycles. The van der Waals surface area contributed by atoms with E-state index in [1.165, 1.54) is 17.9 Å². The van der Waals surface area contributed by atoms with Crippen molar-refractivity contribution in [2.24, 2.45) is 17.3 Å². The van der Waals surface area contributed by atoms with Gasteiger partial charge in [-0.25, -0.2) is 0 Å². The summed E-state index contributed by atoms with van der Waals surface area (Å²) in [6, 6.07) is 0. The van der Waals surface area contributed by atoms with E-state index in [0.29, 0.717) is 27.9 Å². The fourth-order valence-corrected chi connectivity index (χ4v) is 7.14. The van der Waals surface area contributed by atoms with Gasteiger partial charge in [0.05, 0.1) is 4.08 Å². The van der Waals surface area contributed by atoms with Crippen LogP contribution >= 0.6 is 23.5 Å². The van der Waals surface area contributed by atoms with Crippen molar-refractivity contribution in [3.63, 3.8) is 0 Å². The Hall–Kier alpha value is 0.660. The lowest BCUT2D eigenvalue weighted by Gasteiger charge is -2.28. The van der Waals surface area contributed by atoms with Crippen molar-refractivity contribution in [2.75, 3.05) is 18.1 Å². The fraction of sp³-hybridized carbons (Fsp3) is 1.00. The van der Waals surface area contributed by atoms with Gasteiger partial charge in [-0.05, 0) is 23.7 Å². The molecule has 2 unspecified atom stereocenters. The minimum Gasteiger partial charge on any atom is -0.396 e. The minimum absolute atomic E-state index is 0.318. The zero-order chi connectivity index (χ0) is 10.4. The molecule has 0 bridgehead atoms. The molecule has 0 radical (unpaired) electrons. The number of aliphatic hydroxyl groups is 1. The fourth-order valence-electron chi connectivity index (χ4n) is 3.15. The van der Waals surface area contributed by atoms with Gasteiger partial charge >= 0.3 is 0 Å². The van der Waals surface area contributed by atoms with Crippen molar-refractivity contribution in [3.8, 4) is 0 Å².